The predicted molar refractivity (Wildman–Crippen MR) is 111 cm³/mol. The van der Waals surface area contributed by atoms with Gasteiger partial charge < -0.3 is 24.8 Å². The number of rotatable bonds is 5. The molecule has 0 bridgehead atoms. The molecular formula is C21H28N2O4S. The van der Waals surface area contributed by atoms with Gasteiger partial charge in [-0.2, -0.15) is 0 Å². The summed E-state index contributed by atoms with van der Waals surface area (Å²) in [6.07, 6.45) is 4.05. The lowest BCUT2D eigenvalue weighted by Gasteiger charge is -2.32. The monoisotopic (exact) mass is 404 g/mol. The number of hydrogen-bond donors (Lipinski definition) is 2. The summed E-state index contributed by atoms with van der Waals surface area (Å²) in [6, 6.07) is 5.02. The van der Waals surface area contributed by atoms with E-state index < -0.39 is 6.04 Å². The van der Waals surface area contributed by atoms with Gasteiger partial charge in [0, 0.05) is 11.3 Å². The number of allylic oxidation sites excluding steroid dienone is 1. The fourth-order valence-electron chi connectivity index (χ4n) is 3.96. The molecule has 1 heterocycles. The zero-order valence-corrected chi connectivity index (χ0v) is 17.7. The second-order valence-corrected chi connectivity index (χ2v) is 7.89. The number of hydrogen-bond acceptors (Lipinski definition) is 5. The van der Waals surface area contributed by atoms with Crippen LogP contribution in [0.1, 0.15) is 51.1 Å². The fourth-order valence-corrected chi connectivity index (χ4v) is 4.23. The summed E-state index contributed by atoms with van der Waals surface area (Å²) in [5.41, 5.74) is 1.97. The van der Waals surface area contributed by atoms with Gasteiger partial charge in [0.15, 0.2) is 5.11 Å². The second kappa shape index (κ2) is 8.82. The smallest absolute Gasteiger partial charge is 0.338 e. The van der Waals surface area contributed by atoms with Gasteiger partial charge in [0.2, 0.25) is 0 Å². The molecule has 1 aliphatic carbocycles. The number of carbonyl (C=O) groups excluding carboxylic acids is 1. The van der Waals surface area contributed by atoms with E-state index in [1.165, 1.54) is 6.42 Å². The lowest BCUT2D eigenvalue weighted by atomic mass is 9.88. The minimum atomic E-state index is -0.479. The van der Waals surface area contributed by atoms with Crippen molar-refractivity contribution < 1.29 is 19.0 Å². The van der Waals surface area contributed by atoms with Crippen molar-refractivity contribution in [1.82, 2.24) is 10.6 Å². The van der Waals surface area contributed by atoms with Gasteiger partial charge in [-0.3, -0.25) is 0 Å². The summed E-state index contributed by atoms with van der Waals surface area (Å²) in [7, 11) is 3.20. The van der Waals surface area contributed by atoms with E-state index in [-0.39, 0.29) is 12.1 Å². The number of methoxy groups -OCH3 is 2. The fraction of sp³-hybridized carbons (Fsp3) is 0.524. The van der Waals surface area contributed by atoms with Crippen molar-refractivity contribution in [2.45, 2.75) is 51.7 Å². The van der Waals surface area contributed by atoms with Gasteiger partial charge in [-0.05, 0) is 62.5 Å². The van der Waals surface area contributed by atoms with E-state index in [0.29, 0.717) is 33.8 Å². The van der Waals surface area contributed by atoms with Crippen LogP contribution in [0.15, 0.2) is 29.5 Å². The summed E-state index contributed by atoms with van der Waals surface area (Å²) < 4.78 is 16.8. The molecule has 0 saturated heterocycles. The maximum Gasteiger partial charge on any atom is 0.338 e. The molecular weight excluding hydrogens is 376 g/mol. The van der Waals surface area contributed by atoms with Crippen molar-refractivity contribution in [2.75, 3.05) is 14.2 Å². The molecule has 1 aromatic carbocycles. The first-order valence-corrected chi connectivity index (χ1v) is 10.0. The van der Waals surface area contributed by atoms with Crippen molar-refractivity contribution in [3.63, 3.8) is 0 Å². The molecule has 7 heteroatoms. The lowest BCUT2D eigenvalue weighted by Crippen LogP contribution is -2.45. The number of esters is 1. The van der Waals surface area contributed by atoms with Crippen molar-refractivity contribution in [1.29, 1.82) is 0 Å². The highest BCUT2D eigenvalue weighted by Gasteiger charge is 2.34. The van der Waals surface area contributed by atoms with Crippen LogP contribution in [0, 0.1) is 5.92 Å². The van der Waals surface area contributed by atoms with Gasteiger partial charge in [-0.1, -0.05) is 13.3 Å². The number of benzene rings is 1. The molecule has 3 rings (SSSR count). The number of nitrogens with one attached hydrogen (secondary N) is 2. The molecule has 0 radical (unpaired) electrons. The van der Waals surface area contributed by atoms with Gasteiger partial charge in [-0.25, -0.2) is 4.79 Å². The highest BCUT2D eigenvalue weighted by molar-refractivity contribution is 7.80. The molecule has 2 aliphatic rings. The molecule has 1 saturated carbocycles. The summed E-state index contributed by atoms with van der Waals surface area (Å²) in [5.74, 6) is 1.57. The number of carbonyl (C=O) groups is 1. The van der Waals surface area contributed by atoms with E-state index >= 15 is 0 Å². The Balaban J connectivity index is 1.94. The van der Waals surface area contributed by atoms with Crippen molar-refractivity contribution in [3.05, 3.63) is 35.0 Å². The number of ether oxygens (including phenoxy) is 3. The molecule has 0 spiro atoms. The van der Waals surface area contributed by atoms with Crippen LogP contribution >= 0.6 is 12.2 Å². The number of thiocarbonyl (C=S) groups is 1. The molecule has 152 valence electrons. The lowest BCUT2D eigenvalue weighted by molar-refractivity contribution is -0.146. The Hall–Kier alpha value is -2.28. The van der Waals surface area contributed by atoms with Crippen LogP contribution in [-0.4, -0.2) is 31.4 Å². The first-order valence-electron chi connectivity index (χ1n) is 9.64. The quantitative estimate of drug-likeness (QED) is 0.574. The third-order valence-corrected chi connectivity index (χ3v) is 5.62. The van der Waals surface area contributed by atoms with Gasteiger partial charge in [0.05, 0.1) is 25.8 Å². The standard InChI is InChI=1S/C21H28N2O4S/c1-12-6-5-7-15(10-12)27-20(24)18-13(2)22-21(28)23-19(18)16-11-14(25-3)8-9-17(16)26-4/h8-9,11-12,15,19H,5-7,10H2,1-4H3,(H2,22,23,28)/t12-,15-,19+/m1/s1. The SMILES string of the molecule is COc1ccc(OC)c([C@@H]2NC(=S)NC(C)=C2C(=O)O[C@@H]2CCC[C@@H](C)C2)c1. The molecule has 1 aromatic rings. The Morgan fingerprint density at radius 2 is 2.00 bits per heavy atom. The van der Waals surface area contributed by atoms with E-state index in [2.05, 4.69) is 17.6 Å². The van der Waals surface area contributed by atoms with Crippen LogP contribution in [0.2, 0.25) is 0 Å². The molecule has 1 fully saturated rings. The van der Waals surface area contributed by atoms with Crippen LogP contribution in [0.5, 0.6) is 11.5 Å². The van der Waals surface area contributed by atoms with Gasteiger partial charge in [-0.15, -0.1) is 0 Å². The first kappa shape index (κ1) is 20.5. The Morgan fingerprint density at radius 3 is 2.68 bits per heavy atom. The van der Waals surface area contributed by atoms with E-state index in [9.17, 15) is 4.79 Å². The summed E-state index contributed by atoms with van der Waals surface area (Å²) in [4.78, 5) is 13.2. The maximum absolute atomic E-state index is 13.2. The van der Waals surface area contributed by atoms with E-state index in [1.807, 2.05) is 25.1 Å². The first-order chi connectivity index (χ1) is 13.4. The predicted octanol–water partition coefficient (Wildman–Crippen LogP) is 3.62. The molecule has 1 aliphatic heterocycles. The largest absolute Gasteiger partial charge is 0.497 e. The Bertz CT molecular complexity index is 793. The van der Waals surface area contributed by atoms with Crippen molar-refractivity contribution >= 4 is 23.3 Å². The minimum absolute atomic E-state index is 0.0433. The zero-order valence-electron chi connectivity index (χ0n) is 16.8. The van der Waals surface area contributed by atoms with E-state index in [0.717, 1.165) is 24.8 Å². The maximum atomic E-state index is 13.2. The van der Waals surface area contributed by atoms with Gasteiger partial charge >= 0.3 is 5.97 Å². The van der Waals surface area contributed by atoms with Crippen LogP contribution < -0.4 is 20.1 Å². The van der Waals surface area contributed by atoms with Crippen LogP contribution in [-0.2, 0) is 9.53 Å². The summed E-state index contributed by atoms with van der Waals surface area (Å²) in [6.45, 7) is 4.05. The third kappa shape index (κ3) is 4.41. The average molecular weight is 405 g/mol. The highest BCUT2D eigenvalue weighted by Crippen LogP contribution is 2.36. The van der Waals surface area contributed by atoms with Gasteiger partial charge in [0.1, 0.15) is 17.6 Å². The van der Waals surface area contributed by atoms with Crippen LogP contribution in [0.4, 0.5) is 0 Å². The molecule has 3 atom stereocenters. The van der Waals surface area contributed by atoms with Crippen LogP contribution in [0.25, 0.3) is 0 Å². The molecule has 28 heavy (non-hydrogen) atoms. The third-order valence-electron chi connectivity index (χ3n) is 5.40. The molecule has 0 unspecified atom stereocenters. The summed E-state index contributed by atoms with van der Waals surface area (Å²) in [5, 5.41) is 6.70. The molecule has 6 nitrogen and oxygen atoms in total. The molecule has 0 aromatic heterocycles. The topological polar surface area (TPSA) is 68.8 Å². The van der Waals surface area contributed by atoms with Crippen LogP contribution in [0.3, 0.4) is 0 Å². The second-order valence-electron chi connectivity index (χ2n) is 7.48. The highest BCUT2D eigenvalue weighted by atomic mass is 32.1. The minimum Gasteiger partial charge on any atom is -0.497 e. The Kier molecular flexibility index (Phi) is 6.44. The zero-order chi connectivity index (χ0) is 20.3. The van der Waals surface area contributed by atoms with E-state index in [4.69, 9.17) is 26.4 Å². The van der Waals surface area contributed by atoms with Crippen molar-refractivity contribution in [2.24, 2.45) is 5.92 Å². The summed E-state index contributed by atoms with van der Waals surface area (Å²) >= 11 is 5.34. The molecule has 0 amide bonds. The normalized spacial score (nSPS) is 24.9. The average Bonchev–Trinajstić information content (AvgIpc) is 2.66. The molecule has 2 N–H and O–H groups in total. The Morgan fingerprint density at radius 1 is 1.21 bits per heavy atom. The van der Waals surface area contributed by atoms with Crippen molar-refractivity contribution in [3.8, 4) is 11.5 Å². The van der Waals surface area contributed by atoms with Gasteiger partial charge in [0.25, 0.3) is 0 Å². The Labute approximate surface area is 171 Å². The van der Waals surface area contributed by atoms with E-state index in [1.54, 1.807) is 14.2 Å².